The molecule has 0 saturated heterocycles. The van der Waals surface area contributed by atoms with Gasteiger partial charge in [0.05, 0.1) is 0 Å². The molecule has 2 nitrogen and oxygen atoms in total. The molecule has 0 spiro atoms. The molecule has 1 aromatic carbocycles. The Hall–Kier alpha value is -1.84. The summed E-state index contributed by atoms with van der Waals surface area (Å²) in [6, 6.07) is 10.4. The van der Waals surface area contributed by atoms with E-state index in [1.165, 1.54) is 11.6 Å². The summed E-state index contributed by atoms with van der Waals surface area (Å²) in [5, 5.41) is 0. The van der Waals surface area contributed by atoms with Crippen LogP contribution in [0.15, 0.2) is 29.3 Å². The fourth-order valence-corrected chi connectivity index (χ4v) is 1.03. The number of nitrogens with zero attached hydrogens (tertiary/aromatic N) is 1. The number of carbonyl (C=O) groups excluding carboxylic acids is 1. The van der Waals surface area contributed by atoms with Crippen molar-refractivity contribution in [2.24, 2.45) is 4.99 Å². The van der Waals surface area contributed by atoms with Crippen LogP contribution in [0.5, 0.6) is 0 Å². The Bertz CT molecular complexity index is 392. The van der Waals surface area contributed by atoms with Crippen LogP contribution in [0.1, 0.15) is 11.1 Å². The molecule has 0 radical (unpaired) electrons. The van der Waals surface area contributed by atoms with Gasteiger partial charge in [-0.1, -0.05) is 35.7 Å². The first-order chi connectivity index (χ1) is 6.33. The van der Waals surface area contributed by atoms with Crippen LogP contribution in [0.3, 0.4) is 0 Å². The third-order valence-electron chi connectivity index (χ3n) is 1.56. The van der Waals surface area contributed by atoms with E-state index >= 15 is 0 Å². The highest BCUT2D eigenvalue weighted by Crippen LogP contribution is 2.03. The van der Waals surface area contributed by atoms with Gasteiger partial charge in [0, 0.05) is 12.5 Å². The van der Waals surface area contributed by atoms with Crippen molar-refractivity contribution >= 4 is 6.08 Å². The van der Waals surface area contributed by atoms with Crippen molar-refractivity contribution < 1.29 is 4.79 Å². The predicted molar refractivity (Wildman–Crippen MR) is 50.8 cm³/mol. The summed E-state index contributed by atoms with van der Waals surface area (Å²) < 4.78 is 0. The fraction of sp³-hybridized carbons (Fsp3) is 0.182. The number of isocyanates is 1. The summed E-state index contributed by atoms with van der Waals surface area (Å²) in [6.07, 6.45) is 1.98. The second kappa shape index (κ2) is 4.92. The molecule has 0 aliphatic carbocycles. The molecular weight excluding hydrogens is 162 g/mol. The van der Waals surface area contributed by atoms with E-state index in [0.717, 1.165) is 5.56 Å². The van der Waals surface area contributed by atoms with E-state index in [-0.39, 0.29) is 0 Å². The monoisotopic (exact) mass is 171 g/mol. The minimum atomic E-state index is 0.618. The molecule has 0 heterocycles. The molecule has 0 fully saturated rings. The highest BCUT2D eigenvalue weighted by Gasteiger charge is 1.88. The lowest BCUT2D eigenvalue weighted by atomic mass is 10.1. The van der Waals surface area contributed by atoms with Crippen LogP contribution in [-0.2, 0) is 11.2 Å². The number of aryl methyl sites for hydroxylation is 1. The zero-order valence-corrected chi connectivity index (χ0v) is 7.37. The molecule has 0 amide bonds. The van der Waals surface area contributed by atoms with Crippen LogP contribution in [0.25, 0.3) is 0 Å². The van der Waals surface area contributed by atoms with E-state index in [0.29, 0.717) is 6.42 Å². The molecular formula is C11H9NO. The Morgan fingerprint density at radius 2 is 2.31 bits per heavy atom. The van der Waals surface area contributed by atoms with Crippen LogP contribution >= 0.6 is 0 Å². The number of benzene rings is 1. The Morgan fingerprint density at radius 1 is 1.46 bits per heavy atom. The van der Waals surface area contributed by atoms with Crippen molar-refractivity contribution in [2.45, 2.75) is 13.3 Å². The minimum Gasteiger partial charge on any atom is -0.210 e. The highest BCUT2D eigenvalue weighted by atomic mass is 16.1. The summed E-state index contributed by atoms with van der Waals surface area (Å²) in [5.74, 6) is 2.75. The molecule has 1 rings (SSSR count). The van der Waals surface area contributed by atoms with Crippen molar-refractivity contribution in [1.29, 1.82) is 0 Å². The first-order valence-electron chi connectivity index (χ1n) is 3.93. The molecule has 2 heteroatoms. The lowest BCUT2D eigenvalue weighted by Crippen LogP contribution is -1.81. The smallest absolute Gasteiger partial charge is 0.210 e. The maximum Gasteiger partial charge on any atom is 0.249 e. The van der Waals surface area contributed by atoms with E-state index in [9.17, 15) is 4.79 Å². The Balaban J connectivity index is 2.66. The van der Waals surface area contributed by atoms with Crippen LogP contribution in [0.4, 0.5) is 0 Å². The van der Waals surface area contributed by atoms with Gasteiger partial charge in [0.25, 0.3) is 0 Å². The zero-order chi connectivity index (χ0) is 9.52. The molecule has 0 saturated carbocycles. The fourth-order valence-electron chi connectivity index (χ4n) is 1.03. The second-order valence-electron chi connectivity index (χ2n) is 2.66. The largest absolute Gasteiger partial charge is 0.249 e. The Labute approximate surface area is 77.3 Å². The number of aliphatic imine (C=N–C) groups is 1. The average Bonchev–Trinajstić information content (AvgIpc) is 2.13. The molecule has 0 atom stereocenters. The Kier molecular flexibility index (Phi) is 3.50. The van der Waals surface area contributed by atoms with Gasteiger partial charge in [-0.2, -0.15) is 0 Å². The normalized spacial score (nSPS) is 8.08. The first kappa shape index (κ1) is 9.25. The Morgan fingerprint density at radius 3 is 3.00 bits per heavy atom. The van der Waals surface area contributed by atoms with Gasteiger partial charge < -0.3 is 0 Å². The van der Waals surface area contributed by atoms with E-state index in [1.54, 1.807) is 0 Å². The minimum absolute atomic E-state index is 0.618. The van der Waals surface area contributed by atoms with Crippen molar-refractivity contribution in [3.8, 4) is 12.0 Å². The molecule has 1 aromatic rings. The third-order valence-corrected chi connectivity index (χ3v) is 1.56. The molecule has 0 aromatic heterocycles. The van der Waals surface area contributed by atoms with Crippen LogP contribution in [0.2, 0.25) is 0 Å². The SMILES string of the molecule is Cc1cccc(CC#CN=C=O)c1. The van der Waals surface area contributed by atoms with Gasteiger partial charge >= 0.3 is 0 Å². The highest BCUT2D eigenvalue weighted by molar-refractivity contribution is 5.36. The van der Waals surface area contributed by atoms with E-state index in [4.69, 9.17) is 0 Å². The van der Waals surface area contributed by atoms with Gasteiger partial charge in [-0.05, 0) is 12.5 Å². The maximum absolute atomic E-state index is 9.68. The van der Waals surface area contributed by atoms with Crippen LogP contribution in [-0.4, -0.2) is 6.08 Å². The van der Waals surface area contributed by atoms with E-state index in [1.807, 2.05) is 25.1 Å². The van der Waals surface area contributed by atoms with Crippen molar-refractivity contribution in [3.63, 3.8) is 0 Å². The quantitative estimate of drug-likeness (QED) is 0.360. The van der Waals surface area contributed by atoms with Crippen molar-refractivity contribution in [2.75, 3.05) is 0 Å². The zero-order valence-electron chi connectivity index (χ0n) is 7.37. The van der Waals surface area contributed by atoms with Gasteiger partial charge in [-0.15, -0.1) is 4.99 Å². The molecule has 0 bridgehead atoms. The average molecular weight is 171 g/mol. The standard InChI is InChI=1S/C11H9NO/c1-10-4-2-5-11(8-10)6-3-7-12-9-13/h2,4-5,8H,6H2,1H3. The summed E-state index contributed by atoms with van der Waals surface area (Å²) in [6.45, 7) is 2.03. The lowest BCUT2D eigenvalue weighted by molar-refractivity contribution is 0.565. The van der Waals surface area contributed by atoms with Crippen molar-refractivity contribution in [3.05, 3.63) is 35.4 Å². The number of hydrogen-bond acceptors (Lipinski definition) is 2. The molecule has 13 heavy (non-hydrogen) atoms. The third kappa shape index (κ3) is 3.37. The van der Waals surface area contributed by atoms with Crippen molar-refractivity contribution in [1.82, 2.24) is 0 Å². The molecule has 0 N–H and O–H groups in total. The van der Waals surface area contributed by atoms with Crippen LogP contribution in [0, 0.1) is 18.9 Å². The topological polar surface area (TPSA) is 29.4 Å². The van der Waals surface area contributed by atoms with E-state index in [2.05, 4.69) is 23.0 Å². The van der Waals surface area contributed by atoms with Gasteiger partial charge in [-0.3, -0.25) is 0 Å². The van der Waals surface area contributed by atoms with Gasteiger partial charge in [-0.25, -0.2) is 4.79 Å². The molecule has 0 aliphatic rings. The first-order valence-corrected chi connectivity index (χ1v) is 3.93. The summed E-state index contributed by atoms with van der Waals surface area (Å²) in [5.41, 5.74) is 2.34. The maximum atomic E-state index is 9.68. The summed E-state index contributed by atoms with van der Waals surface area (Å²) in [4.78, 5) is 12.8. The van der Waals surface area contributed by atoms with Gasteiger partial charge in [0.1, 0.15) is 0 Å². The lowest BCUT2D eigenvalue weighted by Gasteiger charge is -1.95. The molecule has 0 aliphatic heterocycles. The predicted octanol–water partition coefficient (Wildman–Crippen LogP) is 1.83. The van der Waals surface area contributed by atoms with Gasteiger partial charge in [0.15, 0.2) is 0 Å². The van der Waals surface area contributed by atoms with E-state index < -0.39 is 0 Å². The number of hydrogen-bond donors (Lipinski definition) is 0. The summed E-state index contributed by atoms with van der Waals surface area (Å²) in [7, 11) is 0. The molecule has 64 valence electrons. The van der Waals surface area contributed by atoms with Gasteiger partial charge in [0.2, 0.25) is 6.08 Å². The molecule has 0 unspecified atom stereocenters. The van der Waals surface area contributed by atoms with Crippen LogP contribution < -0.4 is 0 Å². The number of rotatable bonds is 1. The second-order valence-corrected chi connectivity index (χ2v) is 2.66. The summed E-state index contributed by atoms with van der Waals surface area (Å²) >= 11 is 0.